The number of hydrogen-bond donors (Lipinski definition) is 1. The number of benzene rings is 1. The Balaban J connectivity index is 1.77. The highest BCUT2D eigenvalue weighted by Crippen LogP contribution is 2.45. The van der Waals surface area contributed by atoms with Gasteiger partial charge in [-0.2, -0.15) is 0 Å². The maximum atomic E-state index is 10.9. The summed E-state index contributed by atoms with van der Waals surface area (Å²) >= 11 is 0. The van der Waals surface area contributed by atoms with Crippen LogP contribution in [0.15, 0.2) is 18.2 Å². The van der Waals surface area contributed by atoms with Gasteiger partial charge in [-0.25, -0.2) is 0 Å². The molecular formula is C14H18N2O2. The van der Waals surface area contributed by atoms with Crippen LogP contribution in [0.1, 0.15) is 31.2 Å². The first-order chi connectivity index (χ1) is 8.63. The average Bonchev–Trinajstić information content (AvgIpc) is 2.93. The smallest absolute Gasteiger partial charge is 0.274 e. The molecule has 0 aliphatic heterocycles. The number of nitrogens with zero attached hydrogens (tertiary/aromatic N) is 1. The molecule has 4 nitrogen and oxygen atoms in total. The van der Waals surface area contributed by atoms with Gasteiger partial charge in [0.15, 0.2) is 0 Å². The lowest BCUT2D eigenvalue weighted by molar-refractivity contribution is -0.385. The van der Waals surface area contributed by atoms with E-state index in [-0.39, 0.29) is 10.6 Å². The van der Waals surface area contributed by atoms with Gasteiger partial charge in [0, 0.05) is 23.4 Å². The second-order valence-electron chi connectivity index (χ2n) is 5.68. The first kappa shape index (κ1) is 11.5. The minimum absolute atomic E-state index is 0.211. The molecule has 4 heteroatoms. The number of rotatable bonds is 3. The highest BCUT2D eigenvalue weighted by Gasteiger charge is 2.39. The van der Waals surface area contributed by atoms with Crippen molar-refractivity contribution in [3.63, 3.8) is 0 Å². The molecule has 96 valence electrons. The van der Waals surface area contributed by atoms with Crippen LogP contribution in [0, 0.1) is 28.9 Å². The lowest BCUT2D eigenvalue weighted by Gasteiger charge is -2.24. The Kier molecular flexibility index (Phi) is 2.73. The zero-order chi connectivity index (χ0) is 12.7. The third kappa shape index (κ3) is 1.96. The summed E-state index contributed by atoms with van der Waals surface area (Å²) in [5.41, 5.74) is 1.83. The first-order valence-corrected chi connectivity index (χ1v) is 6.65. The molecule has 2 aliphatic rings. The van der Waals surface area contributed by atoms with Crippen molar-refractivity contribution in [3.8, 4) is 0 Å². The van der Waals surface area contributed by atoms with Crippen LogP contribution < -0.4 is 5.32 Å². The SMILES string of the molecule is Cc1ccc(NC2CC3CCC2C3)cc1[N+](=O)[O-]. The number of anilines is 1. The molecule has 0 aromatic heterocycles. The lowest BCUT2D eigenvalue weighted by atomic mass is 9.95. The minimum Gasteiger partial charge on any atom is -0.382 e. The van der Waals surface area contributed by atoms with Crippen molar-refractivity contribution in [3.05, 3.63) is 33.9 Å². The van der Waals surface area contributed by atoms with E-state index in [9.17, 15) is 10.1 Å². The maximum Gasteiger partial charge on any atom is 0.274 e. The number of nitro benzene ring substituents is 1. The van der Waals surface area contributed by atoms with Crippen molar-refractivity contribution in [1.82, 2.24) is 0 Å². The fourth-order valence-corrected chi connectivity index (χ4v) is 3.53. The highest BCUT2D eigenvalue weighted by atomic mass is 16.6. The van der Waals surface area contributed by atoms with Crippen LogP contribution in [0.4, 0.5) is 11.4 Å². The van der Waals surface area contributed by atoms with E-state index in [0.717, 1.165) is 23.1 Å². The summed E-state index contributed by atoms with van der Waals surface area (Å²) in [4.78, 5) is 10.6. The number of aryl methyl sites for hydroxylation is 1. The Morgan fingerprint density at radius 1 is 1.33 bits per heavy atom. The van der Waals surface area contributed by atoms with E-state index in [0.29, 0.717) is 6.04 Å². The van der Waals surface area contributed by atoms with Gasteiger partial charge in [-0.1, -0.05) is 12.5 Å². The summed E-state index contributed by atoms with van der Waals surface area (Å²) in [5, 5.41) is 14.4. The molecule has 1 aromatic carbocycles. The van der Waals surface area contributed by atoms with Gasteiger partial charge < -0.3 is 5.32 Å². The first-order valence-electron chi connectivity index (χ1n) is 6.65. The second-order valence-corrected chi connectivity index (χ2v) is 5.68. The third-order valence-electron chi connectivity index (χ3n) is 4.50. The molecule has 0 amide bonds. The van der Waals surface area contributed by atoms with Crippen LogP contribution in [0.25, 0.3) is 0 Å². The molecule has 18 heavy (non-hydrogen) atoms. The zero-order valence-corrected chi connectivity index (χ0v) is 10.6. The standard InChI is InChI=1S/C14H18N2O2/c1-9-2-5-12(8-14(9)16(17)18)15-13-7-10-3-4-11(13)6-10/h2,5,8,10-11,13,15H,3-4,6-7H2,1H3. The van der Waals surface area contributed by atoms with Gasteiger partial charge in [0.05, 0.1) is 4.92 Å². The molecule has 0 spiro atoms. The predicted molar refractivity (Wildman–Crippen MR) is 70.7 cm³/mol. The van der Waals surface area contributed by atoms with Gasteiger partial charge >= 0.3 is 0 Å². The maximum absolute atomic E-state index is 10.9. The van der Waals surface area contributed by atoms with E-state index in [1.54, 1.807) is 13.0 Å². The summed E-state index contributed by atoms with van der Waals surface area (Å²) in [6.07, 6.45) is 5.26. The quantitative estimate of drug-likeness (QED) is 0.656. The molecule has 3 unspecified atom stereocenters. The van der Waals surface area contributed by atoms with Crippen LogP contribution >= 0.6 is 0 Å². The number of nitrogens with one attached hydrogen (secondary N) is 1. The van der Waals surface area contributed by atoms with Gasteiger partial charge in [-0.3, -0.25) is 10.1 Å². The van der Waals surface area contributed by atoms with Crippen molar-refractivity contribution in [1.29, 1.82) is 0 Å². The highest BCUT2D eigenvalue weighted by molar-refractivity contribution is 5.55. The van der Waals surface area contributed by atoms with E-state index in [1.807, 2.05) is 12.1 Å². The van der Waals surface area contributed by atoms with Crippen molar-refractivity contribution in [2.45, 2.75) is 38.6 Å². The van der Waals surface area contributed by atoms with Crippen LogP contribution in [0.5, 0.6) is 0 Å². The van der Waals surface area contributed by atoms with Crippen molar-refractivity contribution in [2.75, 3.05) is 5.32 Å². The van der Waals surface area contributed by atoms with Crippen LogP contribution in [-0.4, -0.2) is 11.0 Å². The molecule has 0 saturated heterocycles. The number of nitro groups is 1. The van der Waals surface area contributed by atoms with E-state index in [4.69, 9.17) is 0 Å². The molecular weight excluding hydrogens is 228 g/mol. The van der Waals surface area contributed by atoms with E-state index >= 15 is 0 Å². The average molecular weight is 246 g/mol. The molecule has 2 fully saturated rings. The predicted octanol–water partition coefficient (Wildman–Crippen LogP) is 3.50. The minimum atomic E-state index is -0.304. The summed E-state index contributed by atoms with van der Waals surface area (Å²) in [5.74, 6) is 1.66. The van der Waals surface area contributed by atoms with Gasteiger partial charge in [-0.05, 0) is 44.1 Å². The summed E-state index contributed by atoms with van der Waals surface area (Å²) in [6, 6.07) is 5.97. The Morgan fingerprint density at radius 3 is 2.78 bits per heavy atom. The molecule has 0 radical (unpaired) electrons. The molecule has 3 rings (SSSR count). The summed E-state index contributed by atoms with van der Waals surface area (Å²) in [6.45, 7) is 1.78. The Hall–Kier alpha value is -1.58. The number of hydrogen-bond acceptors (Lipinski definition) is 3. The normalized spacial score (nSPS) is 29.5. The fourth-order valence-electron chi connectivity index (χ4n) is 3.53. The molecule has 1 aromatic rings. The lowest BCUT2D eigenvalue weighted by Crippen LogP contribution is -2.25. The van der Waals surface area contributed by atoms with Crippen molar-refractivity contribution in [2.24, 2.45) is 11.8 Å². The molecule has 1 N–H and O–H groups in total. The monoisotopic (exact) mass is 246 g/mol. The van der Waals surface area contributed by atoms with E-state index in [1.165, 1.54) is 25.7 Å². The van der Waals surface area contributed by atoms with Crippen molar-refractivity contribution >= 4 is 11.4 Å². The Morgan fingerprint density at radius 2 is 2.17 bits per heavy atom. The topological polar surface area (TPSA) is 55.2 Å². The van der Waals surface area contributed by atoms with Crippen LogP contribution in [0.2, 0.25) is 0 Å². The third-order valence-corrected chi connectivity index (χ3v) is 4.50. The molecule has 2 saturated carbocycles. The fraction of sp³-hybridized carbons (Fsp3) is 0.571. The second kappa shape index (κ2) is 4.26. The van der Waals surface area contributed by atoms with E-state index < -0.39 is 0 Å². The Bertz CT molecular complexity index is 487. The number of fused-ring (bicyclic) bond motifs is 2. The zero-order valence-electron chi connectivity index (χ0n) is 10.6. The van der Waals surface area contributed by atoms with Crippen molar-refractivity contribution < 1.29 is 4.92 Å². The summed E-state index contributed by atoms with van der Waals surface area (Å²) < 4.78 is 0. The Labute approximate surface area is 107 Å². The van der Waals surface area contributed by atoms with Gasteiger partial charge in [-0.15, -0.1) is 0 Å². The van der Waals surface area contributed by atoms with Gasteiger partial charge in [0.1, 0.15) is 0 Å². The van der Waals surface area contributed by atoms with E-state index in [2.05, 4.69) is 5.32 Å². The summed E-state index contributed by atoms with van der Waals surface area (Å²) in [7, 11) is 0. The molecule has 3 atom stereocenters. The van der Waals surface area contributed by atoms with Crippen LogP contribution in [-0.2, 0) is 0 Å². The van der Waals surface area contributed by atoms with Crippen LogP contribution in [0.3, 0.4) is 0 Å². The molecule has 0 heterocycles. The molecule has 2 aliphatic carbocycles. The largest absolute Gasteiger partial charge is 0.382 e. The van der Waals surface area contributed by atoms with Gasteiger partial charge in [0.25, 0.3) is 5.69 Å². The van der Waals surface area contributed by atoms with Gasteiger partial charge in [0.2, 0.25) is 0 Å². The molecule has 2 bridgehead atoms.